The van der Waals surface area contributed by atoms with Gasteiger partial charge < -0.3 is 20.5 Å². The summed E-state index contributed by atoms with van der Waals surface area (Å²) in [4.78, 5) is 36.9. The van der Waals surface area contributed by atoms with Crippen molar-refractivity contribution in [3.63, 3.8) is 0 Å². The van der Waals surface area contributed by atoms with Crippen molar-refractivity contribution in [3.05, 3.63) is 29.8 Å². The van der Waals surface area contributed by atoms with Gasteiger partial charge in [0.25, 0.3) is 0 Å². The monoisotopic (exact) mass is 367 g/mol. The zero-order valence-electron chi connectivity index (χ0n) is 15.4. The van der Waals surface area contributed by atoms with Crippen molar-refractivity contribution >= 4 is 23.6 Å². The van der Waals surface area contributed by atoms with Crippen LogP contribution in [0.4, 0.5) is 10.5 Å². The first-order valence-corrected chi connectivity index (χ1v) is 8.49. The van der Waals surface area contributed by atoms with Crippen LogP contribution in [0.3, 0.4) is 0 Å². The van der Waals surface area contributed by atoms with Crippen LogP contribution in [-0.2, 0) is 16.1 Å². The fourth-order valence-corrected chi connectivity index (χ4v) is 3.53. The summed E-state index contributed by atoms with van der Waals surface area (Å²) < 4.78 is 0. The average Bonchev–Trinajstić information content (AvgIpc) is 3.23. The first-order valence-electron chi connectivity index (χ1n) is 8.49. The van der Waals surface area contributed by atoms with E-state index in [1.807, 2.05) is 24.3 Å². The number of aliphatic carboxylic acids is 1. The van der Waals surface area contributed by atoms with Crippen LogP contribution in [-0.4, -0.2) is 31.0 Å². The Bertz CT molecular complexity index is 707. The molecule has 134 valence electrons. The van der Waals surface area contributed by atoms with E-state index in [2.05, 4.69) is 10.6 Å². The number of nitrogens with zero attached hydrogens (tertiary/aromatic N) is 1. The van der Waals surface area contributed by atoms with Gasteiger partial charge in [0.15, 0.2) is 0 Å². The van der Waals surface area contributed by atoms with E-state index in [0.717, 1.165) is 11.3 Å². The molecule has 1 aromatic rings. The zero-order chi connectivity index (χ0) is 18.2. The summed E-state index contributed by atoms with van der Waals surface area (Å²) in [6.45, 7) is 5.20. The summed E-state index contributed by atoms with van der Waals surface area (Å²) in [6.07, 6.45) is 0.335. The van der Waals surface area contributed by atoms with Gasteiger partial charge in [-0.25, -0.2) is 4.79 Å². The summed E-state index contributed by atoms with van der Waals surface area (Å²) in [6, 6.07) is 7.26. The number of carbonyl (C=O) groups is 3. The fraction of sp³-hybridized carbons (Fsp3) is 0.500. The zero-order valence-corrected chi connectivity index (χ0v) is 17.4. The normalized spacial score (nSPS) is 24.0. The van der Waals surface area contributed by atoms with Crippen LogP contribution >= 0.6 is 0 Å². The van der Waals surface area contributed by atoms with Gasteiger partial charge in [-0.2, -0.15) is 0 Å². The first-order chi connectivity index (χ1) is 11.9. The van der Waals surface area contributed by atoms with Crippen molar-refractivity contribution in [1.29, 1.82) is 0 Å². The van der Waals surface area contributed by atoms with E-state index >= 15 is 0 Å². The minimum atomic E-state index is -1.14. The van der Waals surface area contributed by atoms with E-state index in [4.69, 9.17) is 0 Å². The summed E-state index contributed by atoms with van der Waals surface area (Å²) in [5, 5.41) is 16.9. The molecule has 0 bridgehead atoms. The van der Waals surface area contributed by atoms with Crippen LogP contribution in [0.15, 0.2) is 24.3 Å². The van der Waals surface area contributed by atoms with E-state index in [1.165, 1.54) is 0 Å². The standard InChI is InChI=1S/C18H23N3O4.Na/c1-11(2)18(16(23)24)9-14(18)15(22)20-10-12-3-5-13(6-4-12)21-8-7-19-17(21)25;/h3-6,11,14H,7-10H2,1-2H3,(H,19,25)(H,20,22)(H,23,24);/q;+1/p-1. The van der Waals surface area contributed by atoms with E-state index < -0.39 is 17.3 Å². The molecular formula is C18H22N3NaO4. The van der Waals surface area contributed by atoms with Crippen LogP contribution in [0.25, 0.3) is 0 Å². The molecule has 7 nitrogen and oxygen atoms in total. The Labute approximate surface area is 174 Å². The number of carbonyl (C=O) groups excluding carboxylic acids is 3. The molecular weight excluding hydrogens is 345 g/mol. The van der Waals surface area contributed by atoms with Crippen LogP contribution in [0.5, 0.6) is 0 Å². The molecule has 0 spiro atoms. The number of carboxylic acid groups (broad SMARTS) is 1. The van der Waals surface area contributed by atoms with Crippen molar-refractivity contribution < 1.29 is 49.0 Å². The predicted octanol–water partition coefficient (Wildman–Crippen LogP) is -2.75. The third kappa shape index (κ3) is 3.75. The molecule has 2 atom stereocenters. The molecule has 2 fully saturated rings. The topological polar surface area (TPSA) is 102 Å². The van der Waals surface area contributed by atoms with Gasteiger partial charge in [0, 0.05) is 42.6 Å². The third-order valence-corrected chi connectivity index (χ3v) is 5.30. The Morgan fingerprint density at radius 2 is 2.00 bits per heavy atom. The molecule has 2 aliphatic rings. The number of amides is 3. The predicted molar refractivity (Wildman–Crippen MR) is 89.4 cm³/mol. The number of urea groups is 1. The van der Waals surface area contributed by atoms with Gasteiger partial charge in [0.2, 0.25) is 5.91 Å². The molecule has 26 heavy (non-hydrogen) atoms. The Morgan fingerprint density at radius 3 is 2.46 bits per heavy atom. The minimum absolute atomic E-state index is 0. The van der Waals surface area contributed by atoms with Gasteiger partial charge in [-0.15, -0.1) is 0 Å². The second-order valence-corrected chi connectivity index (χ2v) is 7.01. The van der Waals surface area contributed by atoms with Crippen LogP contribution in [0.2, 0.25) is 0 Å². The molecule has 1 saturated heterocycles. The number of rotatable bonds is 6. The molecule has 1 aliphatic carbocycles. The second kappa shape index (κ2) is 7.98. The third-order valence-electron chi connectivity index (χ3n) is 5.30. The molecule has 1 aliphatic heterocycles. The van der Waals surface area contributed by atoms with Gasteiger partial charge in [0.1, 0.15) is 0 Å². The summed E-state index contributed by atoms with van der Waals surface area (Å²) in [7, 11) is 0. The number of anilines is 1. The molecule has 2 unspecified atom stereocenters. The van der Waals surface area contributed by atoms with Crippen molar-refractivity contribution in [3.8, 4) is 0 Å². The van der Waals surface area contributed by atoms with Crippen molar-refractivity contribution in [2.75, 3.05) is 18.0 Å². The first kappa shape index (κ1) is 20.7. The second-order valence-electron chi connectivity index (χ2n) is 7.01. The van der Waals surface area contributed by atoms with Gasteiger partial charge in [0.05, 0.1) is 0 Å². The quantitative estimate of drug-likeness (QED) is 0.532. The number of nitrogens with one attached hydrogen (secondary N) is 2. The molecule has 2 N–H and O–H groups in total. The van der Waals surface area contributed by atoms with Crippen LogP contribution in [0.1, 0.15) is 25.8 Å². The SMILES string of the molecule is CC(C)C1(C(=O)[O-])CC1C(=O)NCc1ccc(N2CCNC2=O)cc1.[Na+]. The molecule has 8 heteroatoms. The van der Waals surface area contributed by atoms with Crippen LogP contribution < -0.4 is 50.2 Å². The minimum Gasteiger partial charge on any atom is -0.550 e. The maximum absolute atomic E-state index is 12.3. The molecule has 1 heterocycles. The van der Waals surface area contributed by atoms with Crippen molar-refractivity contribution in [2.45, 2.75) is 26.8 Å². The molecule has 3 amide bonds. The molecule has 0 aromatic heterocycles. The van der Waals surface area contributed by atoms with E-state index in [0.29, 0.717) is 26.1 Å². The molecule has 1 saturated carbocycles. The Kier molecular flexibility index (Phi) is 6.37. The Morgan fingerprint density at radius 1 is 1.35 bits per heavy atom. The summed E-state index contributed by atoms with van der Waals surface area (Å²) in [5.41, 5.74) is 0.667. The summed E-state index contributed by atoms with van der Waals surface area (Å²) >= 11 is 0. The van der Waals surface area contributed by atoms with Gasteiger partial charge in [-0.3, -0.25) is 9.69 Å². The maximum atomic E-state index is 12.3. The van der Waals surface area contributed by atoms with E-state index in [-0.39, 0.29) is 47.4 Å². The maximum Gasteiger partial charge on any atom is 1.00 e. The van der Waals surface area contributed by atoms with E-state index in [9.17, 15) is 19.5 Å². The van der Waals surface area contributed by atoms with Gasteiger partial charge in [-0.1, -0.05) is 26.0 Å². The number of benzene rings is 1. The average molecular weight is 367 g/mol. The fourth-order valence-electron chi connectivity index (χ4n) is 3.53. The Hall–Kier alpha value is -1.57. The van der Waals surface area contributed by atoms with Gasteiger partial charge in [-0.05, 0) is 30.0 Å². The largest absolute Gasteiger partial charge is 1.00 e. The van der Waals surface area contributed by atoms with Gasteiger partial charge >= 0.3 is 35.6 Å². The smallest absolute Gasteiger partial charge is 0.550 e. The van der Waals surface area contributed by atoms with Crippen molar-refractivity contribution in [2.24, 2.45) is 17.3 Å². The Balaban J connectivity index is 0.00000243. The van der Waals surface area contributed by atoms with E-state index in [1.54, 1.807) is 18.7 Å². The molecule has 0 radical (unpaired) electrons. The number of carboxylic acids is 1. The summed E-state index contributed by atoms with van der Waals surface area (Å²) in [5.74, 6) is -2.05. The van der Waals surface area contributed by atoms with Crippen LogP contribution in [0, 0.1) is 17.3 Å². The number of hydrogen-bond acceptors (Lipinski definition) is 4. The molecule has 3 rings (SSSR count). The number of hydrogen-bond donors (Lipinski definition) is 2. The molecule has 1 aromatic carbocycles. The van der Waals surface area contributed by atoms with Crippen molar-refractivity contribution in [1.82, 2.24) is 10.6 Å².